The molecule has 1 aromatic heterocycles. The van der Waals surface area contributed by atoms with E-state index in [1.807, 2.05) is 24.3 Å². The number of aromatic nitrogens is 2. The van der Waals surface area contributed by atoms with Gasteiger partial charge in [-0.15, -0.1) is 0 Å². The second-order valence-electron chi connectivity index (χ2n) is 5.91. The number of aromatic amines is 1. The summed E-state index contributed by atoms with van der Waals surface area (Å²) in [4.78, 5) is 26.1. The summed E-state index contributed by atoms with van der Waals surface area (Å²) in [7, 11) is 0. The van der Waals surface area contributed by atoms with Crippen LogP contribution in [0, 0.1) is 0 Å². The van der Waals surface area contributed by atoms with E-state index >= 15 is 0 Å². The third-order valence-corrected chi connectivity index (χ3v) is 4.49. The Bertz CT molecular complexity index is 815. The lowest BCUT2D eigenvalue weighted by Gasteiger charge is -2.33. The molecule has 0 spiro atoms. The highest BCUT2D eigenvalue weighted by Gasteiger charge is 2.32. The van der Waals surface area contributed by atoms with E-state index in [1.165, 1.54) is 11.6 Å². The van der Waals surface area contributed by atoms with Crippen LogP contribution in [0.4, 0.5) is 0 Å². The average Bonchev–Trinajstić information content (AvgIpc) is 2.60. The monoisotopic (exact) mass is 311 g/mol. The molecule has 1 unspecified atom stereocenters. The molecule has 0 radical (unpaired) electrons. The Morgan fingerprint density at radius 3 is 3.04 bits per heavy atom. The highest BCUT2D eigenvalue weighted by molar-refractivity contribution is 5.83. The summed E-state index contributed by atoms with van der Waals surface area (Å²) in [5.41, 5.74) is 3.57. The van der Waals surface area contributed by atoms with Crippen molar-refractivity contribution in [2.75, 3.05) is 13.2 Å². The molecule has 4 rings (SSSR count). The van der Waals surface area contributed by atoms with Gasteiger partial charge in [-0.3, -0.25) is 9.59 Å². The van der Waals surface area contributed by atoms with E-state index < -0.39 is 6.10 Å². The van der Waals surface area contributed by atoms with Crippen molar-refractivity contribution in [3.8, 4) is 0 Å². The molecule has 0 aliphatic carbocycles. The molecule has 0 fully saturated rings. The number of hydrogen-bond acceptors (Lipinski definition) is 4. The van der Waals surface area contributed by atoms with Gasteiger partial charge in [-0.05, 0) is 17.5 Å². The predicted molar refractivity (Wildman–Crippen MR) is 82.8 cm³/mol. The molecule has 2 aromatic rings. The van der Waals surface area contributed by atoms with Gasteiger partial charge in [0.25, 0.3) is 11.5 Å². The van der Waals surface area contributed by atoms with E-state index in [1.54, 1.807) is 4.90 Å². The molecule has 1 aromatic carbocycles. The number of carbonyl (C=O) groups is 1. The minimum atomic E-state index is -0.545. The molecule has 1 atom stereocenters. The van der Waals surface area contributed by atoms with Crippen molar-refractivity contribution in [3.63, 3.8) is 0 Å². The molecule has 1 N–H and O–H groups in total. The summed E-state index contributed by atoms with van der Waals surface area (Å²) >= 11 is 0. The number of carbonyl (C=O) groups excluding carboxylic acids is 1. The molecule has 118 valence electrons. The van der Waals surface area contributed by atoms with Gasteiger partial charge in [-0.25, -0.2) is 5.10 Å². The van der Waals surface area contributed by atoms with Crippen molar-refractivity contribution in [1.82, 2.24) is 15.1 Å². The number of nitrogens with one attached hydrogen (secondary N) is 1. The Balaban J connectivity index is 1.60. The quantitative estimate of drug-likeness (QED) is 0.851. The van der Waals surface area contributed by atoms with Crippen LogP contribution in [0.2, 0.25) is 0 Å². The molecule has 6 heteroatoms. The lowest BCUT2D eigenvalue weighted by molar-refractivity contribution is -0.146. The fourth-order valence-electron chi connectivity index (χ4n) is 3.30. The fourth-order valence-corrected chi connectivity index (χ4v) is 3.30. The van der Waals surface area contributed by atoms with Crippen LogP contribution in [0.25, 0.3) is 0 Å². The predicted octanol–water partition coefficient (Wildman–Crippen LogP) is 0.969. The standard InChI is InChI=1S/C17H17N3O3/c21-15-9-12-10-20(7-5-14(12)18-19-15)17(22)16-13-4-2-1-3-11(13)6-8-23-16/h1-4,9,16H,5-8,10H2,(H,19,21). The van der Waals surface area contributed by atoms with Crippen LogP contribution in [0.3, 0.4) is 0 Å². The van der Waals surface area contributed by atoms with E-state index in [-0.39, 0.29) is 11.5 Å². The molecule has 23 heavy (non-hydrogen) atoms. The summed E-state index contributed by atoms with van der Waals surface area (Å²) in [6, 6.07) is 9.45. The normalized spacial score (nSPS) is 19.8. The Hall–Kier alpha value is -2.47. The minimum Gasteiger partial charge on any atom is -0.363 e. The van der Waals surface area contributed by atoms with Gasteiger partial charge in [0.05, 0.1) is 12.3 Å². The molecule has 0 bridgehead atoms. The second-order valence-corrected chi connectivity index (χ2v) is 5.91. The van der Waals surface area contributed by atoms with Gasteiger partial charge in [0.1, 0.15) is 0 Å². The van der Waals surface area contributed by atoms with E-state index in [2.05, 4.69) is 10.2 Å². The van der Waals surface area contributed by atoms with Crippen LogP contribution >= 0.6 is 0 Å². The third kappa shape index (κ3) is 2.55. The lowest BCUT2D eigenvalue weighted by atomic mass is 9.96. The van der Waals surface area contributed by atoms with Crippen molar-refractivity contribution in [2.24, 2.45) is 0 Å². The molecule has 6 nitrogen and oxygen atoms in total. The van der Waals surface area contributed by atoms with Crippen molar-refractivity contribution in [2.45, 2.75) is 25.5 Å². The average molecular weight is 311 g/mol. The first-order chi connectivity index (χ1) is 11.2. The van der Waals surface area contributed by atoms with Crippen molar-refractivity contribution in [3.05, 3.63) is 63.1 Å². The third-order valence-electron chi connectivity index (χ3n) is 4.49. The van der Waals surface area contributed by atoms with Crippen LogP contribution in [0.1, 0.15) is 28.5 Å². The van der Waals surface area contributed by atoms with Crippen LogP contribution < -0.4 is 5.56 Å². The largest absolute Gasteiger partial charge is 0.363 e. The van der Waals surface area contributed by atoms with Gasteiger partial charge >= 0.3 is 0 Å². The summed E-state index contributed by atoms with van der Waals surface area (Å²) in [5.74, 6) is -0.0388. The van der Waals surface area contributed by atoms with Gasteiger partial charge in [-0.2, -0.15) is 5.10 Å². The van der Waals surface area contributed by atoms with Crippen LogP contribution in [0.5, 0.6) is 0 Å². The number of hydrogen-bond donors (Lipinski definition) is 1. The Morgan fingerprint density at radius 1 is 1.26 bits per heavy atom. The zero-order valence-corrected chi connectivity index (χ0v) is 12.6. The van der Waals surface area contributed by atoms with Crippen molar-refractivity contribution in [1.29, 1.82) is 0 Å². The molecule has 1 amide bonds. The molecular formula is C17H17N3O3. The topological polar surface area (TPSA) is 75.3 Å². The Labute approximate surface area is 133 Å². The van der Waals surface area contributed by atoms with Gasteiger partial charge in [0, 0.05) is 31.1 Å². The number of H-pyrrole nitrogens is 1. The van der Waals surface area contributed by atoms with E-state index in [4.69, 9.17) is 4.74 Å². The molecule has 0 saturated heterocycles. The Kier molecular flexibility index (Phi) is 3.46. The second kappa shape index (κ2) is 5.62. The number of benzene rings is 1. The van der Waals surface area contributed by atoms with Crippen LogP contribution in [0.15, 0.2) is 35.1 Å². The van der Waals surface area contributed by atoms with Gasteiger partial charge in [0.15, 0.2) is 6.10 Å². The minimum absolute atomic E-state index is 0.0388. The number of fused-ring (bicyclic) bond motifs is 2. The maximum Gasteiger partial charge on any atom is 0.264 e. The summed E-state index contributed by atoms with van der Waals surface area (Å²) in [6.45, 7) is 1.55. The molecule has 3 heterocycles. The number of amides is 1. The maximum absolute atomic E-state index is 12.9. The van der Waals surface area contributed by atoms with Crippen LogP contribution in [-0.2, 0) is 28.9 Å². The van der Waals surface area contributed by atoms with Gasteiger partial charge < -0.3 is 9.64 Å². The number of ether oxygens (including phenoxy) is 1. The van der Waals surface area contributed by atoms with E-state index in [9.17, 15) is 9.59 Å². The van der Waals surface area contributed by atoms with Crippen molar-refractivity contribution >= 4 is 5.91 Å². The summed E-state index contributed by atoms with van der Waals surface area (Å²) in [6.07, 6.45) is 0.936. The first-order valence-corrected chi connectivity index (χ1v) is 7.78. The molecule has 0 saturated carbocycles. The molecular weight excluding hydrogens is 294 g/mol. The highest BCUT2D eigenvalue weighted by atomic mass is 16.5. The lowest BCUT2D eigenvalue weighted by Crippen LogP contribution is -2.41. The zero-order chi connectivity index (χ0) is 15.8. The molecule has 2 aliphatic heterocycles. The molecule has 2 aliphatic rings. The van der Waals surface area contributed by atoms with Gasteiger partial charge in [-0.1, -0.05) is 24.3 Å². The SMILES string of the molecule is O=C(C1OCCc2ccccc21)N1CCc2n[nH]c(=O)cc2C1. The number of nitrogens with zero attached hydrogens (tertiary/aromatic N) is 2. The number of rotatable bonds is 1. The van der Waals surface area contributed by atoms with E-state index in [0.717, 1.165) is 23.2 Å². The summed E-state index contributed by atoms with van der Waals surface area (Å²) in [5, 5.41) is 6.50. The highest BCUT2D eigenvalue weighted by Crippen LogP contribution is 2.30. The van der Waals surface area contributed by atoms with Crippen molar-refractivity contribution < 1.29 is 9.53 Å². The Morgan fingerprint density at radius 2 is 2.13 bits per heavy atom. The zero-order valence-electron chi connectivity index (χ0n) is 12.6. The smallest absolute Gasteiger partial charge is 0.264 e. The first kappa shape index (κ1) is 14.1. The fraction of sp³-hybridized carbons (Fsp3) is 0.353. The first-order valence-electron chi connectivity index (χ1n) is 7.78. The van der Waals surface area contributed by atoms with Crippen LogP contribution in [-0.4, -0.2) is 34.2 Å². The van der Waals surface area contributed by atoms with E-state index in [0.29, 0.717) is 26.1 Å². The van der Waals surface area contributed by atoms with Gasteiger partial charge in [0.2, 0.25) is 0 Å². The maximum atomic E-state index is 12.9. The summed E-state index contributed by atoms with van der Waals surface area (Å²) < 4.78 is 5.76.